The molecule has 24 heavy (non-hydrogen) atoms. The van der Waals surface area contributed by atoms with Crippen molar-refractivity contribution in [3.05, 3.63) is 71.7 Å². The van der Waals surface area contributed by atoms with E-state index >= 15 is 0 Å². The Balaban J connectivity index is 1.96. The van der Waals surface area contributed by atoms with Gasteiger partial charge in [-0.2, -0.15) is 13.7 Å². The quantitative estimate of drug-likeness (QED) is 0.885. The summed E-state index contributed by atoms with van der Waals surface area (Å²) in [6, 6.07) is 15.7. The molecule has 0 amide bonds. The highest BCUT2D eigenvalue weighted by molar-refractivity contribution is 7.91. The number of nitriles is 1. The fourth-order valence-electron chi connectivity index (χ4n) is 2.20. The number of benzene rings is 2. The fourth-order valence-corrected chi connectivity index (χ4v) is 3.27. The van der Waals surface area contributed by atoms with Crippen LogP contribution in [0.1, 0.15) is 11.1 Å². The molecule has 0 atom stereocenters. The highest BCUT2D eigenvalue weighted by Crippen LogP contribution is 2.34. The van der Waals surface area contributed by atoms with Gasteiger partial charge in [0.15, 0.2) is 0 Å². The molecule has 1 heterocycles. The van der Waals surface area contributed by atoms with Crippen molar-refractivity contribution >= 4 is 15.9 Å². The van der Waals surface area contributed by atoms with Crippen LogP contribution in [0.2, 0.25) is 0 Å². The van der Waals surface area contributed by atoms with E-state index in [1.165, 1.54) is 18.2 Å². The first kappa shape index (κ1) is 15.7. The molecular weight excluding hydrogens is 330 g/mol. The summed E-state index contributed by atoms with van der Waals surface area (Å²) in [5, 5.41) is 18.5. The molecule has 1 aliphatic rings. The lowest BCUT2D eigenvalue weighted by atomic mass is 10.2. The lowest BCUT2D eigenvalue weighted by molar-refractivity contribution is 0.307. The number of rotatable bonds is 4. The van der Waals surface area contributed by atoms with Gasteiger partial charge in [-0.25, -0.2) is 9.03 Å². The highest BCUT2D eigenvalue weighted by Gasteiger charge is 2.31. The molecule has 0 aliphatic carbocycles. The van der Waals surface area contributed by atoms with Crippen molar-refractivity contribution in [1.82, 2.24) is 4.72 Å². The molecule has 122 valence electrons. The molecule has 0 saturated heterocycles. The van der Waals surface area contributed by atoms with E-state index in [0.717, 1.165) is 16.1 Å². The number of ether oxygens (including phenoxy) is 1. The van der Waals surface area contributed by atoms with Crippen LogP contribution in [0.3, 0.4) is 0 Å². The second-order valence-electron chi connectivity index (χ2n) is 4.99. The number of aliphatic hydroxyl groups excluding tert-OH is 1. The van der Waals surface area contributed by atoms with Gasteiger partial charge >= 0.3 is 10.2 Å². The van der Waals surface area contributed by atoms with Crippen molar-refractivity contribution in [3.63, 3.8) is 0 Å². The summed E-state index contributed by atoms with van der Waals surface area (Å²) in [5.74, 6) is -0.275. The van der Waals surface area contributed by atoms with E-state index in [2.05, 4.69) is 0 Å². The molecule has 2 aromatic rings. The molecule has 1 aliphatic heterocycles. The smallest absolute Gasteiger partial charge is 0.330 e. The maximum absolute atomic E-state index is 12.0. The molecule has 2 aromatic carbocycles. The van der Waals surface area contributed by atoms with Gasteiger partial charge in [0, 0.05) is 6.07 Å². The first-order valence-corrected chi connectivity index (χ1v) is 8.37. The second-order valence-corrected chi connectivity index (χ2v) is 6.53. The first-order chi connectivity index (χ1) is 11.5. The number of nitrogens with one attached hydrogen (secondary N) is 1. The largest absolute Gasteiger partial charge is 0.493 e. The monoisotopic (exact) mass is 343 g/mol. The van der Waals surface area contributed by atoms with Crippen molar-refractivity contribution < 1.29 is 18.3 Å². The molecule has 7 nitrogen and oxygen atoms in total. The number of aliphatic hydroxyl groups is 1. The third-order valence-electron chi connectivity index (χ3n) is 3.30. The van der Waals surface area contributed by atoms with Gasteiger partial charge in [0.2, 0.25) is 5.88 Å². The average molecular weight is 343 g/mol. The van der Waals surface area contributed by atoms with Gasteiger partial charge in [-0.15, -0.1) is 0 Å². The molecule has 0 saturated carbocycles. The zero-order valence-electron chi connectivity index (χ0n) is 12.4. The lowest BCUT2D eigenvalue weighted by Gasteiger charge is -2.18. The Morgan fingerprint density at radius 1 is 1.21 bits per heavy atom. The minimum absolute atomic E-state index is 0.196. The number of hydrogen-bond acceptors (Lipinski definition) is 5. The van der Waals surface area contributed by atoms with Crippen molar-refractivity contribution in [2.75, 3.05) is 4.31 Å². The molecule has 2 N–H and O–H groups in total. The van der Waals surface area contributed by atoms with Crippen LogP contribution in [0.25, 0.3) is 0 Å². The maximum atomic E-state index is 12.0. The Hall–Kier alpha value is -3.18. The molecule has 0 radical (unpaired) electrons. The van der Waals surface area contributed by atoms with Gasteiger partial charge in [-0.1, -0.05) is 30.3 Å². The van der Waals surface area contributed by atoms with E-state index < -0.39 is 16.1 Å². The van der Waals surface area contributed by atoms with E-state index in [-0.39, 0.29) is 18.0 Å². The number of anilines is 1. The minimum Gasteiger partial charge on any atom is -0.493 e. The molecule has 0 aromatic heterocycles. The van der Waals surface area contributed by atoms with Crippen LogP contribution >= 0.6 is 0 Å². The molecule has 0 spiro atoms. The molecular formula is C16H13N3O4S. The zero-order valence-corrected chi connectivity index (χ0v) is 13.2. The van der Waals surface area contributed by atoms with E-state index in [9.17, 15) is 13.5 Å². The summed E-state index contributed by atoms with van der Waals surface area (Å²) >= 11 is 0. The minimum atomic E-state index is -3.94. The molecule has 3 rings (SSSR count). The summed E-state index contributed by atoms with van der Waals surface area (Å²) in [6.45, 7) is 0.208. The van der Waals surface area contributed by atoms with Gasteiger partial charge in [0.05, 0.1) is 17.8 Å². The lowest BCUT2D eigenvalue weighted by Crippen LogP contribution is -2.29. The van der Waals surface area contributed by atoms with E-state index in [4.69, 9.17) is 10.00 Å². The van der Waals surface area contributed by atoms with Crippen LogP contribution in [0.15, 0.2) is 60.6 Å². The van der Waals surface area contributed by atoms with Gasteiger partial charge in [0.25, 0.3) is 0 Å². The van der Waals surface area contributed by atoms with Crippen LogP contribution < -0.4 is 13.8 Å². The van der Waals surface area contributed by atoms with Gasteiger partial charge < -0.3 is 9.84 Å². The number of nitrogens with zero attached hydrogens (tertiary/aromatic N) is 2. The van der Waals surface area contributed by atoms with Crippen molar-refractivity contribution in [3.8, 4) is 11.8 Å². The van der Waals surface area contributed by atoms with E-state index in [1.54, 1.807) is 0 Å². The SMILES string of the molecule is N#Cc1ccc(N2C=C(O)NS2(=O)=O)c(OCc2ccccc2)c1. The normalized spacial score (nSPS) is 15.3. The molecule has 0 bridgehead atoms. The van der Waals surface area contributed by atoms with Gasteiger partial charge in [-0.05, 0) is 17.7 Å². The highest BCUT2D eigenvalue weighted by atomic mass is 32.2. The second kappa shape index (κ2) is 6.14. The van der Waals surface area contributed by atoms with Crippen molar-refractivity contribution in [1.29, 1.82) is 5.26 Å². The van der Waals surface area contributed by atoms with Crippen molar-refractivity contribution in [2.24, 2.45) is 0 Å². The standard InChI is InChI=1S/C16H13N3O4S/c17-9-13-6-7-14(19-10-16(20)18-24(19,21)22)15(8-13)23-11-12-4-2-1-3-5-12/h1-8,10,18,20H,11H2. The van der Waals surface area contributed by atoms with E-state index in [1.807, 2.05) is 41.1 Å². The van der Waals surface area contributed by atoms with Gasteiger partial charge in [-0.3, -0.25) is 0 Å². The predicted molar refractivity (Wildman–Crippen MR) is 87.2 cm³/mol. The Morgan fingerprint density at radius 2 is 1.96 bits per heavy atom. The number of hydrogen-bond donors (Lipinski definition) is 2. The Kier molecular flexibility index (Phi) is 4.02. The molecule has 0 unspecified atom stereocenters. The summed E-state index contributed by atoms with van der Waals surface area (Å²) in [6.07, 6.45) is 1.03. The third kappa shape index (κ3) is 3.11. The van der Waals surface area contributed by atoms with E-state index in [0.29, 0.717) is 5.56 Å². The summed E-state index contributed by atoms with van der Waals surface area (Å²) in [5.41, 5.74) is 1.42. The first-order valence-electron chi connectivity index (χ1n) is 6.93. The predicted octanol–water partition coefficient (Wildman–Crippen LogP) is 2.15. The Bertz CT molecular complexity index is 934. The molecule has 0 fully saturated rings. The third-order valence-corrected chi connectivity index (χ3v) is 4.58. The topological polar surface area (TPSA) is 103 Å². The zero-order chi connectivity index (χ0) is 17.2. The Labute approximate surface area is 139 Å². The molecule has 8 heteroatoms. The Morgan fingerprint density at radius 3 is 2.58 bits per heavy atom. The van der Waals surface area contributed by atoms with Crippen LogP contribution in [0.5, 0.6) is 5.75 Å². The summed E-state index contributed by atoms with van der Waals surface area (Å²) in [7, 11) is -3.94. The van der Waals surface area contributed by atoms with Crippen LogP contribution in [-0.4, -0.2) is 13.5 Å². The fraction of sp³-hybridized carbons (Fsp3) is 0.0625. The van der Waals surface area contributed by atoms with Crippen LogP contribution in [0.4, 0.5) is 5.69 Å². The van der Waals surface area contributed by atoms with Crippen LogP contribution in [-0.2, 0) is 16.8 Å². The average Bonchev–Trinajstić information content (AvgIpc) is 2.85. The maximum Gasteiger partial charge on any atom is 0.330 e. The summed E-state index contributed by atoms with van der Waals surface area (Å²) in [4.78, 5) is 0. The van der Waals surface area contributed by atoms with Crippen LogP contribution in [0, 0.1) is 11.3 Å². The van der Waals surface area contributed by atoms with Gasteiger partial charge in [0.1, 0.15) is 18.0 Å². The van der Waals surface area contributed by atoms with Crippen molar-refractivity contribution in [2.45, 2.75) is 6.61 Å². The summed E-state index contributed by atoms with van der Waals surface area (Å²) < 4.78 is 32.6.